The summed E-state index contributed by atoms with van der Waals surface area (Å²) in [7, 11) is 0. The Morgan fingerprint density at radius 2 is 0.600 bits per heavy atom. The van der Waals surface area contributed by atoms with E-state index in [1.165, 1.54) is 0 Å². The fourth-order valence-corrected chi connectivity index (χ4v) is 0. The normalized spacial score (nSPS) is 0. The van der Waals surface area contributed by atoms with Crippen LogP contribution in [0.5, 0.6) is 0 Å². The molecule has 0 saturated heterocycles. The third kappa shape index (κ3) is 19.4. The van der Waals surface area contributed by atoms with E-state index in [0.717, 1.165) is 0 Å². The molecular formula is GaSbSe3. The summed E-state index contributed by atoms with van der Waals surface area (Å²) in [6, 6.07) is 0. The van der Waals surface area contributed by atoms with Gasteiger partial charge in [-0.3, -0.25) is 0 Å². The van der Waals surface area contributed by atoms with Crippen LogP contribution in [0.2, 0.25) is 0 Å². The molecule has 0 heterocycles. The van der Waals surface area contributed by atoms with Crippen molar-refractivity contribution in [3.8, 4) is 0 Å². The van der Waals surface area contributed by atoms with Gasteiger partial charge in [0.1, 0.15) is 0 Å². The molecule has 0 rings (SSSR count). The zero-order chi connectivity index (χ0) is 0. The number of rotatable bonds is 0. The van der Waals surface area contributed by atoms with Crippen molar-refractivity contribution in [1.82, 2.24) is 0 Å². The molecule has 0 saturated carbocycles. The van der Waals surface area contributed by atoms with Crippen LogP contribution in [0.25, 0.3) is 0 Å². The summed E-state index contributed by atoms with van der Waals surface area (Å²) in [6.45, 7) is 0. The fourth-order valence-electron chi connectivity index (χ4n) is 0. The molecule has 0 bridgehead atoms. The van der Waals surface area contributed by atoms with E-state index >= 15 is 0 Å². The molecular weight excluding hydrogens is 428 g/mol. The SMILES string of the molecule is [Ga+3].[Sb+3].[Se-2].[Se-2].[Se-2]. The molecule has 0 unspecified atom stereocenters. The third-order valence-electron chi connectivity index (χ3n) is 0. The zero-order valence-corrected chi connectivity index (χ0v) is 12.4. The Kier molecular flexibility index (Phi) is 243. The maximum atomic E-state index is 0. The van der Waals surface area contributed by atoms with Gasteiger partial charge in [0.25, 0.3) is 0 Å². The molecule has 0 aromatic heterocycles. The first-order chi connectivity index (χ1) is 0. The standard InChI is InChI=1S/Ga.Sb.3Se/q2*+3;3*-2. The molecule has 0 aliphatic carbocycles. The molecule has 0 aromatic rings. The van der Waals surface area contributed by atoms with E-state index in [-0.39, 0.29) is 95.4 Å². The van der Waals surface area contributed by atoms with E-state index in [2.05, 4.69) is 0 Å². The van der Waals surface area contributed by atoms with Gasteiger partial charge in [-0.1, -0.05) is 0 Å². The smallest absolute Gasteiger partial charge is 2.00 e. The second kappa shape index (κ2) is 27.9. The van der Waals surface area contributed by atoms with Gasteiger partial charge < -0.3 is 51.2 Å². The van der Waals surface area contributed by atoms with Gasteiger partial charge in [0.05, 0.1) is 0 Å². The van der Waals surface area contributed by atoms with Gasteiger partial charge in [-0.25, -0.2) is 0 Å². The second-order valence-electron chi connectivity index (χ2n) is 0. The summed E-state index contributed by atoms with van der Waals surface area (Å²) < 4.78 is 0. The van der Waals surface area contributed by atoms with E-state index in [9.17, 15) is 0 Å². The van der Waals surface area contributed by atoms with Crippen LogP contribution >= 0.6 is 0 Å². The Morgan fingerprint density at radius 1 is 0.600 bits per heavy atom. The summed E-state index contributed by atoms with van der Waals surface area (Å²) in [5, 5.41) is 0. The first-order valence-electron chi connectivity index (χ1n) is 0. The second-order valence-corrected chi connectivity index (χ2v) is 0. The van der Waals surface area contributed by atoms with E-state index in [4.69, 9.17) is 0 Å². The minimum absolute atomic E-state index is 0. The minimum Gasteiger partial charge on any atom is -2.00 e. The Labute approximate surface area is 93.9 Å². The van der Waals surface area contributed by atoms with Crippen molar-refractivity contribution < 1.29 is 0 Å². The first kappa shape index (κ1) is 43.4. The topological polar surface area (TPSA) is 0 Å². The van der Waals surface area contributed by atoms with Crippen LogP contribution in [0, 0.1) is 0 Å². The van der Waals surface area contributed by atoms with Crippen molar-refractivity contribution in [2.45, 2.75) is 0 Å². The minimum atomic E-state index is 0. The molecule has 0 fully saturated rings. The van der Waals surface area contributed by atoms with Gasteiger partial charge in [0.2, 0.25) is 0 Å². The summed E-state index contributed by atoms with van der Waals surface area (Å²) >= 11 is 0. The van der Waals surface area contributed by atoms with Gasteiger partial charge in [0.15, 0.2) is 0 Å². The molecule has 0 N–H and O–H groups in total. The van der Waals surface area contributed by atoms with Crippen molar-refractivity contribution in [2.24, 2.45) is 0 Å². The maximum absolute atomic E-state index is 0. The van der Waals surface area contributed by atoms with Crippen molar-refractivity contribution in [1.29, 1.82) is 0 Å². The Morgan fingerprint density at radius 3 is 0.600 bits per heavy atom. The molecule has 5 heavy (non-hydrogen) atoms. The molecule has 2 radical (unpaired) electrons. The van der Waals surface area contributed by atoms with Crippen LogP contribution < -0.4 is 0 Å². The van der Waals surface area contributed by atoms with Crippen LogP contribution in [0.1, 0.15) is 0 Å². The monoisotopic (exact) mass is 430 g/mol. The zero-order valence-electron chi connectivity index (χ0n) is 2.25. The van der Waals surface area contributed by atoms with E-state index in [1.54, 1.807) is 0 Å². The van der Waals surface area contributed by atoms with Crippen molar-refractivity contribution in [3.63, 3.8) is 0 Å². The van der Waals surface area contributed by atoms with Crippen LogP contribution in [-0.4, -0.2) is 95.4 Å². The summed E-state index contributed by atoms with van der Waals surface area (Å²) in [4.78, 5) is 0. The quantitative estimate of drug-likeness (QED) is 0.396. The van der Waals surface area contributed by atoms with Gasteiger partial charge in [-0.2, -0.15) is 0 Å². The Balaban J connectivity index is 0. The number of hydrogen-bond donors (Lipinski definition) is 0. The van der Waals surface area contributed by atoms with E-state index < -0.39 is 0 Å². The fraction of sp³-hybridized carbons (Fsp3) is 0. The summed E-state index contributed by atoms with van der Waals surface area (Å²) in [5.41, 5.74) is 0. The molecule has 0 amide bonds. The van der Waals surface area contributed by atoms with Gasteiger partial charge in [0, 0.05) is 0 Å². The van der Waals surface area contributed by atoms with Crippen molar-refractivity contribution >= 4 is 95.4 Å². The predicted octanol–water partition coefficient (Wildman–Crippen LogP) is -1.90. The molecule has 0 spiro atoms. The Hall–Kier alpha value is 3.01. The predicted molar refractivity (Wildman–Crippen MR) is 28.8 cm³/mol. The largest absolute Gasteiger partial charge is 3.00 e. The van der Waals surface area contributed by atoms with E-state index in [0.29, 0.717) is 0 Å². The van der Waals surface area contributed by atoms with Crippen LogP contribution in [0.15, 0.2) is 0 Å². The molecule has 0 aliphatic heterocycles. The average Bonchev–Trinajstić information content (AvgIpc) is 0. The van der Waals surface area contributed by atoms with Crippen LogP contribution in [0.3, 0.4) is 0 Å². The van der Waals surface area contributed by atoms with Gasteiger partial charge in [-0.15, -0.1) is 0 Å². The van der Waals surface area contributed by atoms with Crippen molar-refractivity contribution in [2.75, 3.05) is 0 Å². The molecule has 26 valence electrons. The first-order valence-corrected chi connectivity index (χ1v) is 0. The van der Waals surface area contributed by atoms with Gasteiger partial charge >= 0.3 is 44.2 Å². The maximum Gasteiger partial charge on any atom is 3.00 e. The summed E-state index contributed by atoms with van der Waals surface area (Å²) in [5.74, 6) is 0. The molecule has 0 nitrogen and oxygen atoms in total. The number of hydrogen-bond acceptors (Lipinski definition) is 0. The van der Waals surface area contributed by atoms with Gasteiger partial charge in [-0.05, 0) is 0 Å². The molecule has 5 heteroatoms. The van der Waals surface area contributed by atoms with Crippen LogP contribution in [0.4, 0.5) is 0 Å². The average molecular weight is 428 g/mol. The third-order valence-corrected chi connectivity index (χ3v) is 0. The molecule has 0 aliphatic rings. The summed E-state index contributed by atoms with van der Waals surface area (Å²) in [6.07, 6.45) is 0. The Bertz CT molecular complexity index is 6.85. The van der Waals surface area contributed by atoms with E-state index in [1.807, 2.05) is 0 Å². The molecule has 0 aromatic carbocycles. The van der Waals surface area contributed by atoms with Crippen molar-refractivity contribution in [3.05, 3.63) is 0 Å². The molecule has 0 atom stereocenters. The van der Waals surface area contributed by atoms with Crippen LogP contribution in [-0.2, 0) is 0 Å².